The van der Waals surface area contributed by atoms with Crippen LogP contribution in [0.1, 0.15) is 43.1 Å². The lowest BCUT2D eigenvalue weighted by molar-refractivity contribution is -0.384. The first-order valence-corrected chi connectivity index (χ1v) is 15.2. The highest BCUT2D eigenvalue weighted by Crippen LogP contribution is 2.66. The number of nitrogens with zero attached hydrogens (tertiary/aromatic N) is 4. The van der Waals surface area contributed by atoms with E-state index in [1.54, 1.807) is 12.1 Å². The average Bonchev–Trinajstić information content (AvgIpc) is 3.68. The van der Waals surface area contributed by atoms with Crippen LogP contribution in [0.25, 0.3) is 33.7 Å². The second-order valence-electron chi connectivity index (χ2n) is 12.0. The molecule has 1 aromatic heterocycles. The largest absolute Gasteiger partial charge is 0.308 e. The molecule has 0 amide bonds. The predicted octanol–water partition coefficient (Wildman–Crippen LogP) is 7.54. The minimum absolute atomic E-state index is 0.0581. The van der Waals surface area contributed by atoms with Crippen LogP contribution in [-0.4, -0.2) is 26.5 Å². The van der Waals surface area contributed by atoms with Gasteiger partial charge in [-0.15, -0.1) is 0 Å². The van der Waals surface area contributed by atoms with E-state index in [-0.39, 0.29) is 17.3 Å². The van der Waals surface area contributed by atoms with Gasteiger partial charge in [0.25, 0.3) is 5.69 Å². The van der Waals surface area contributed by atoms with Crippen molar-refractivity contribution in [3.63, 3.8) is 0 Å². The molecule has 2 heterocycles. The Bertz CT molecular complexity index is 2470. The van der Waals surface area contributed by atoms with Crippen molar-refractivity contribution in [2.24, 2.45) is 0 Å². The normalized spacial score (nSPS) is 16.3. The number of allylic oxidation sites excluding steroid dienone is 2. The number of ketones is 2. The molecule has 1 aliphatic heterocycles. The van der Waals surface area contributed by atoms with Crippen LogP contribution in [0.3, 0.4) is 0 Å². The van der Waals surface area contributed by atoms with Crippen LogP contribution in [0.4, 0.5) is 11.4 Å². The smallest absolute Gasteiger partial charge is 0.269 e. The van der Waals surface area contributed by atoms with E-state index in [1.807, 2.05) is 102 Å². The molecule has 3 aliphatic carbocycles. The zero-order chi connectivity index (χ0) is 31.6. The summed E-state index contributed by atoms with van der Waals surface area (Å²) >= 11 is 0. The summed E-state index contributed by atoms with van der Waals surface area (Å²) in [6.45, 7) is 0. The fourth-order valence-corrected chi connectivity index (χ4v) is 8.01. The molecule has 220 valence electrons. The number of nitro groups is 1. The molecule has 5 aromatic carbocycles. The quantitative estimate of drug-likeness (QED) is 0.148. The number of Topliss-reactive ketones (excluding diaryl/α,β-unsaturated/α-hetero) is 2. The van der Waals surface area contributed by atoms with Crippen LogP contribution in [0.5, 0.6) is 0 Å². The number of hydrogen-bond donors (Lipinski definition) is 0. The summed E-state index contributed by atoms with van der Waals surface area (Å²) < 4.78 is 0. The molecule has 47 heavy (non-hydrogen) atoms. The summed E-state index contributed by atoms with van der Waals surface area (Å²) in [4.78, 5) is 53.5. The summed E-state index contributed by atoms with van der Waals surface area (Å²) in [6, 6.07) is 36.6. The summed E-state index contributed by atoms with van der Waals surface area (Å²) in [7, 11) is 0. The van der Waals surface area contributed by atoms with E-state index in [2.05, 4.69) is 0 Å². The minimum atomic E-state index is -1.38. The van der Waals surface area contributed by atoms with Crippen molar-refractivity contribution in [1.29, 1.82) is 0 Å². The van der Waals surface area contributed by atoms with E-state index in [0.29, 0.717) is 72.9 Å². The first-order chi connectivity index (χ1) is 23.0. The van der Waals surface area contributed by atoms with Crippen LogP contribution in [-0.2, 0) is 5.41 Å². The summed E-state index contributed by atoms with van der Waals surface area (Å²) in [5.74, 6) is -0.397. The fraction of sp³-hybridized carbons (Fsp3) is 0.0256. The topological polar surface area (TPSA) is 106 Å². The van der Waals surface area contributed by atoms with E-state index >= 15 is 9.59 Å². The number of nitro benzene ring substituents is 1. The number of fused-ring (bicyclic) bond motifs is 12. The zero-order valence-corrected chi connectivity index (χ0v) is 24.5. The lowest BCUT2D eigenvalue weighted by atomic mass is 9.64. The first-order valence-electron chi connectivity index (χ1n) is 15.2. The molecule has 0 saturated carbocycles. The third-order valence-electron chi connectivity index (χ3n) is 9.81. The lowest BCUT2D eigenvalue weighted by Gasteiger charge is -2.42. The molecule has 10 rings (SSSR count). The Balaban J connectivity index is 1.42. The maximum Gasteiger partial charge on any atom is 0.269 e. The summed E-state index contributed by atoms with van der Waals surface area (Å²) in [5.41, 5.74) is 7.87. The maximum absolute atomic E-state index is 15.0. The van der Waals surface area contributed by atoms with Gasteiger partial charge in [-0.3, -0.25) is 19.7 Å². The van der Waals surface area contributed by atoms with Crippen molar-refractivity contribution < 1.29 is 14.5 Å². The number of carbonyl (C=O) groups excluding carboxylic acids is 2. The van der Waals surface area contributed by atoms with Crippen LogP contribution in [0, 0.1) is 10.1 Å². The number of aromatic nitrogens is 2. The Kier molecular flexibility index (Phi) is 4.82. The highest BCUT2D eigenvalue weighted by Gasteiger charge is 2.63. The van der Waals surface area contributed by atoms with Gasteiger partial charge in [0.1, 0.15) is 5.41 Å². The van der Waals surface area contributed by atoms with Crippen molar-refractivity contribution >= 4 is 45.4 Å². The molecular weight excluding hydrogens is 588 g/mol. The van der Waals surface area contributed by atoms with Gasteiger partial charge in [0.05, 0.1) is 38.7 Å². The number of anilines is 1. The monoisotopic (exact) mass is 608 g/mol. The Morgan fingerprint density at radius 2 is 1.06 bits per heavy atom. The Morgan fingerprint density at radius 3 is 1.64 bits per heavy atom. The van der Waals surface area contributed by atoms with Gasteiger partial charge in [-0.25, -0.2) is 9.97 Å². The van der Waals surface area contributed by atoms with Gasteiger partial charge in [-0.2, -0.15) is 0 Å². The van der Waals surface area contributed by atoms with Gasteiger partial charge in [-0.05, 0) is 29.8 Å². The van der Waals surface area contributed by atoms with Gasteiger partial charge < -0.3 is 4.90 Å². The average molecular weight is 609 g/mol. The molecule has 6 aromatic rings. The van der Waals surface area contributed by atoms with Gasteiger partial charge in [0, 0.05) is 56.8 Å². The molecule has 0 bridgehead atoms. The lowest BCUT2D eigenvalue weighted by Crippen LogP contribution is -2.42. The number of benzene rings is 5. The number of hydrogen-bond acceptors (Lipinski definition) is 7. The van der Waals surface area contributed by atoms with E-state index in [0.717, 1.165) is 11.1 Å². The van der Waals surface area contributed by atoms with Crippen molar-refractivity contribution in [1.82, 2.24) is 9.97 Å². The van der Waals surface area contributed by atoms with Crippen molar-refractivity contribution in [3.8, 4) is 11.3 Å². The van der Waals surface area contributed by atoms with Crippen molar-refractivity contribution in [2.45, 2.75) is 5.41 Å². The van der Waals surface area contributed by atoms with Gasteiger partial charge in [0.15, 0.2) is 11.6 Å². The highest BCUT2D eigenvalue weighted by molar-refractivity contribution is 6.35. The van der Waals surface area contributed by atoms with Gasteiger partial charge in [-0.1, -0.05) is 84.9 Å². The fourth-order valence-electron chi connectivity index (χ4n) is 8.01. The van der Waals surface area contributed by atoms with E-state index < -0.39 is 10.3 Å². The van der Waals surface area contributed by atoms with Crippen LogP contribution < -0.4 is 4.90 Å². The van der Waals surface area contributed by atoms with E-state index in [9.17, 15) is 10.1 Å². The third-order valence-corrected chi connectivity index (χ3v) is 9.81. The molecule has 0 radical (unpaired) electrons. The Hall–Kier alpha value is -6.54. The van der Waals surface area contributed by atoms with E-state index in [4.69, 9.17) is 9.97 Å². The Morgan fingerprint density at radius 1 is 0.574 bits per heavy atom. The molecule has 0 saturated heterocycles. The summed E-state index contributed by atoms with van der Waals surface area (Å²) in [5, 5.41) is 11.6. The maximum atomic E-state index is 15.0. The van der Waals surface area contributed by atoms with Crippen molar-refractivity contribution in [3.05, 3.63) is 176 Å². The molecule has 0 atom stereocenters. The molecule has 0 N–H and O–H groups in total. The zero-order valence-electron chi connectivity index (χ0n) is 24.5. The van der Waals surface area contributed by atoms with Crippen LogP contribution in [0.2, 0.25) is 0 Å². The van der Waals surface area contributed by atoms with Gasteiger partial charge >= 0.3 is 0 Å². The SMILES string of the molecule is O=C1C2=C(c3ccccc31)N(c1ccc([N+](=O)[O-])cc1)C1=C(C(=O)c3ccccc31)C21c2ccccc2-c2nc3ccccc3nc21. The summed E-state index contributed by atoms with van der Waals surface area (Å²) in [6.07, 6.45) is 0. The standard InChI is InChI=1S/C39H20N4O4/c44-36-25-11-3-1-9-23(25)34-31(36)39(28-14-6-5-13-27(28)33-38(39)41-30-16-8-7-15-29(30)40-33)32-35(24-10-2-4-12-26(24)37(32)45)42(34)21-17-19-22(20-18-21)43(46)47/h1-20H. The molecule has 4 aliphatic rings. The number of carbonyl (C=O) groups is 2. The molecule has 8 heteroatoms. The Labute approximate surface area is 267 Å². The van der Waals surface area contributed by atoms with Gasteiger partial charge in [0.2, 0.25) is 0 Å². The number of non-ortho nitro benzene ring substituents is 1. The van der Waals surface area contributed by atoms with E-state index in [1.165, 1.54) is 12.1 Å². The highest BCUT2D eigenvalue weighted by atomic mass is 16.6. The molecule has 1 spiro atoms. The second-order valence-corrected chi connectivity index (χ2v) is 12.0. The minimum Gasteiger partial charge on any atom is -0.308 e. The molecule has 0 unspecified atom stereocenters. The predicted molar refractivity (Wildman–Crippen MR) is 177 cm³/mol. The number of rotatable bonds is 2. The third kappa shape index (κ3) is 3.02. The molecule has 0 fully saturated rings. The van der Waals surface area contributed by atoms with Crippen LogP contribution >= 0.6 is 0 Å². The second kappa shape index (κ2) is 8.80. The first kappa shape index (κ1) is 25.8. The van der Waals surface area contributed by atoms with Crippen LogP contribution in [0.15, 0.2) is 132 Å². The van der Waals surface area contributed by atoms with Crippen molar-refractivity contribution in [2.75, 3.05) is 4.90 Å². The molecule has 8 nitrogen and oxygen atoms in total. The molecular formula is C39H20N4O4. The number of para-hydroxylation sites is 2.